The van der Waals surface area contributed by atoms with Crippen LogP contribution < -0.4 is 14.8 Å². The molecule has 0 aliphatic carbocycles. The maximum atomic E-state index is 12.4. The highest BCUT2D eigenvalue weighted by molar-refractivity contribution is 5.78. The second-order valence-electron chi connectivity index (χ2n) is 5.96. The molecule has 0 aliphatic rings. The number of rotatable bonds is 8. The van der Waals surface area contributed by atoms with E-state index in [2.05, 4.69) is 10.1 Å². The van der Waals surface area contributed by atoms with E-state index in [9.17, 15) is 13.6 Å². The van der Waals surface area contributed by atoms with Gasteiger partial charge in [-0.3, -0.25) is 4.79 Å². The van der Waals surface area contributed by atoms with E-state index in [1.807, 2.05) is 48.5 Å². The third-order valence-corrected chi connectivity index (χ3v) is 3.99. The predicted octanol–water partition coefficient (Wildman–Crippen LogP) is 4.57. The number of nitrogens with one attached hydrogen (secondary N) is 1. The Labute approximate surface area is 161 Å². The van der Waals surface area contributed by atoms with Gasteiger partial charge in [-0.2, -0.15) is 8.78 Å². The highest BCUT2D eigenvalue weighted by Gasteiger charge is 2.17. The van der Waals surface area contributed by atoms with E-state index in [4.69, 9.17) is 4.74 Å². The van der Waals surface area contributed by atoms with Crippen LogP contribution in [0.4, 0.5) is 8.78 Å². The molecule has 144 valence electrons. The fraction of sp³-hybridized carbons (Fsp3) is 0.136. The van der Waals surface area contributed by atoms with Crippen molar-refractivity contribution in [3.8, 4) is 11.5 Å². The predicted molar refractivity (Wildman–Crippen MR) is 101 cm³/mol. The molecule has 0 aliphatic heterocycles. The van der Waals surface area contributed by atoms with Crippen molar-refractivity contribution in [3.63, 3.8) is 0 Å². The summed E-state index contributed by atoms with van der Waals surface area (Å²) in [5, 5.41) is 2.93. The average molecular weight is 383 g/mol. The van der Waals surface area contributed by atoms with E-state index in [1.54, 1.807) is 24.3 Å². The Kier molecular flexibility index (Phi) is 6.57. The molecule has 4 nitrogen and oxygen atoms in total. The summed E-state index contributed by atoms with van der Waals surface area (Å²) in [6.07, 6.45) is 0. The van der Waals surface area contributed by atoms with Gasteiger partial charge in [0.15, 0.2) is 6.61 Å². The quantitative estimate of drug-likeness (QED) is 0.620. The van der Waals surface area contributed by atoms with E-state index in [1.165, 1.54) is 12.1 Å². The maximum Gasteiger partial charge on any atom is 0.387 e. The molecule has 0 unspecified atom stereocenters. The molecule has 1 amide bonds. The summed E-state index contributed by atoms with van der Waals surface area (Å²) in [5.41, 5.74) is 1.60. The van der Waals surface area contributed by atoms with Gasteiger partial charge < -0.3 is 14.8 Å². The smallest absolute Gasteiger partial charge is 0.387 e. The van der Waals surface area contributed by atoms with Crippen molar-refractivity contribution < 1.29 is 23.0 Å². The first kappa shape index (κ1) is 19.4. The Hall–Kier alpha value is -3.41. The maximum absolute atomic E-state index is 12.4. The highest BCUT2D eigenvalue weighted by Crippen LogP contribution is 2.25. The van der Waals surface area contributed by atoms with Gasteiger partial charge in [0.1, 0.15) is 11.5 Å². The molecule has 1 atom stereocenters. The van der Waals surface area contributed by atoms with E-state index in [-0.39, 0.29) is 18.3 Å². The Morgan fingerprint density at radius 1 is 0.786 bits per heavy atom. The molecule has 0 spiro atoms. The van der Waals surface area contributed by atoms with E-state index in [0.29, 0.717) is 5.75 Å². The van der Waals surface area contributed by atoms with Crippen LogP contribution in [0.15, 0.2) is 84.9 Å². The molecule has 0 fully saturated rings. The van der Waals surface area contributed by atoms with Crippen molar-refractivity contribution in [2.45, 2.75) is 12.7 Å². The number of carbonyl (C=O) groups is 1. The number of halogens is 2. The van der Waals surface area contributed by atoms with Crippen molar-refractivity contribution in [2.75, 3.05) is 6.61 Å². The van der Waals surface area contributed by atoms with Gasteiger partial charge in [0, 0.05) is 0 Å². The molecular formula is C22H19F2NO3. The zero-order chi connectivity index (χ0) is 19.8. The van der Waals surface area contributed by atoms with Crippen LogP contribution in [0.25, 0.3) is 0 Å². The molecule has 6 heteroatoms. The van der Waals surface area contributed by atoms with Gasteiger partial charge in [-0.25, -0.2) is 0 Å². The van der Waals surface area contributed by atoms with Crippen molar-refractivity contribution in [1.82, 2.24) is 5.32 Å². The standard InChI is InChI=1S/C22H19F2NO3/c23-22(24)28-19-13-11-17(12-14-19)21(16-7-3-1-4-8-16)25-20(26)15-27-18-9-5-2-6-10-18/h1-14,21-22H,15H2,(H,25,26)/t21-/m1/s1. The molecule has 3 aromatic carbocycles. The van der Waals surface area contributed by atoms with Gasteiger partial charge in [0.05, 0.1) is 6.04 Å². The lowest BCUT2D eigenvalue weighted by Crippen LogP contribution is -2.33. The Morgan fingerprint density at radius 2 is 1.36 bits per heavy atom. The minimum absolute atomic E-state index is 0.0595. The van der Waals surface area contributed by atoms with Crippen LogP contribution >= 0.6 is 0 Å². The molecule has 3 aromatic rings. The molecule has 28 heavy (non-hydrogen) atoms. The number of ether oxygens (including phenoxy) is 2. The fourth-order valence-electron chi connectivity index (χ4n) is 2.71. The molecule has 0 radical (unpaired) electrons. The Morgan fingerprint density at radius 3 is 1.96 bits per heavy atom. The van der Waals surface area contributed by atoms with Gasteiger partial charge in [-0.15, -0.1) is 0 Å². The number of carbonyl (C=O) groups excluding carboxylic acids is 1. The lowest BCUT2D eigenvalue weighted by Gasteiger charge is -2.20. The first-order chi connectivity index (χ1) is 13.6. The molecular weight excluding hydrogens is 364 g/mol. The van der Waals surface area contributed by atoms with Gasteiger partial charge >= 0.3 is 6.61 Å². The van der Waals surface area contributed by atoms with Crippen molar-refractivity contribution >= 4 is 5.91 Å². The summed E-state index contributed by atoms with van der Waals surface area (Å²) < 4.78 is 34.6. The highest BCUT2D eigenvalue weighted by atomic mass is 19.3. The summed E-state index contributed by atoms with van der Waals surface area (Å²) >= 11 is 0. The van der Waals surface area contributed by atoms with Gasteiger partial charge in [0.25, 0.3) is 5.91 Å². The lowest BCUT2D eigenvalue weighted by atomic mass is 9.98. The molecule has 3 rings (SSSR count). The minimum atomic E-state index is -2.88. The van der Waals surface area contributed by atoms with Crippen molar-refractivity contribution in [2.24, 2.45) is 0 Å². The molecule has 0 saturated heterocycles. The van der Waals surface area contributed by atoms with Crippen LogP contribution in [-0.4, -0.2) is 19.1 Å². The van der Waals surface area contributed by atoms with Gasteiger partial charge in [-0.05, 0) is 35.4 Å². The Balaban J connectivity index is 1.73. The van der Waals surface area contributed by atoms with Crippen LogP contribution in [0.3, 0.4) is 0 Å². The summed E-state index contributed by atoms with van der Waals surface area (Å²) in [5.74, 6) is 0.359. The SMILES string of the molecule is O=C(COc1ccccc1)N[C@H](c1ccccc1)c1ccc(OC(F)F)cc1. The van der Waals surface area contributed by atoms with Gasteiger partial charge in [0.2, 0.25) is 0 Å². The number of amides is 1. The second-order valence-corrected chi connectivity index (χ2v) is 5.96. The monoisotopic (exact) mass is 383 g/mol. The third-order valence-electron chi connectivity index (χ3n) is 3.99. The molecule has 0 aromatic heterocycles. The van der Waals surface area contributed by atoms with Gasteiger partial charge in [-0.1, -0.05) is 60.7 Å². The van der Waals surface area contributed by atoms with Crippen LogP contribution in [0, 0.1) is 0 Å². The molecule has 0 heterocycles. The van der Waals surface area contributed by atoms with Crippen molar-refractivity contribution in [1.29, 1.82) is 0 Å². The summed E-state index contributed by atoms with van der Waals surface area (Å²) in [6, 6.07) is 24.1. The number of hydrogen-bond acceptors (Lipinski definition) is 3. The Bertz CT molecular complexity index is 871. The number of alkyl halides is 2. The number of hydrogen-bond donors (Lipinski definition) is 1. The van der Waals surface area contributed by atoms with Crippen LogP contribution in [0.5, 0.6) is 11.5 Å². The molecule has 0 bridgehead atoms. The second kappa shape index (κ2) is 9.50. The zero-order valence-corrected chi connectivity index (χ0v) is 14.9. The molecule has 0 saturated carbocycles. The first-order valence-corrected chi connectivity index (χ1v) is 8.69. The lowest BCUT2D eigenvalue weighted by molar-refractivity contribution is -0.123. The van der Waals surface area contributed by atoms with E-state index >= 15 is 0 Å². The molecule has 1 N–H and O–H groups in total. The van der Waals surface area contributed by atoms with Crippen LogP contribution in [0.1, 0.15) is 17.2 Å². The topological polar surface area (TPSA) is 47.6 Å². The summed E-state index contributed by atoms with van der Waals surface area (Å²) in [7, 11) is 0. The minimum Gasteiger partial charge on any atom is -0.484 e. The average Bonchev–Trinajstić information content (AvgIpc) is 2.72. The van der Waals surface area contributed by atoms with Crippen molar-refractivity contribution in [3.05, 3.63) is 96.1 Å². The normalized spacial score (nSPS) is 11.7. The fourth-order valence-corrected chi connectivity index (χ4v) is 2.71. The van der Waals surface area contributed by atoms with E-state index in [0.717, 1.165) is 11.1 Å². The van der Waals surface area contributed by atoms with Crippen LogP contribution in [0.2, 0.25) is 0 Å². The van der Waals surface area contributed by atoms with Crippen LogP contribution in [-0.2, 0) is 4.79 Å². The zero-order valence-electron chi connectivity index (χ0n) is 14.9. The summed E-state index contributed by atoms with van der Waals surface area (Å²) in [6.45, 7) is -3.02. The third kappa shape index (κ3) is 5.54. The first-order valence-electron chi connectivity index (χ1n) is 8.69. The number of para-hydroxylation sites is 1. The largest absolute Gasteiger partial charge is 0.484 e. The number of benzene rings is 3. The summed E-state index contributed by atoms with van der Waals surface area (Å²) in [4.78, 5) is 12.4. The van der Waals surface area contributed by atoms with E-state index < -0.39 is 12.7 Å².